The molecule has 5 nitrogen and oxygen atoms in total. The van der Waals surface area contributed by atoms with Crippen LogP contribution in [0.5, 0.6) is 0 Å². The van der Waals surface area contributed by atoms with E-state index in [1.54, 1.807) is 12.1 Å². The van der Waals surface area contributed by atoms with E-state index in [1.807, 2.05) is 19.1 Å². The van der Waals surface area contributed by atoms with Crippen LogP contribution in [-0.2, 0) is 4.74 Å². The molecule has 17 heavy (non-hydrogen) atoms. The molecule has 0 atom stereocenters. The monoisotopic (exact) mass is 231 g/mol. The van der Waals surface area contributed by atoms with Crippen LogP contribution < -0.4 is 5.73 Å². The summed E-state index contributed by atoms with van der Waals surface area (Å²) in [5.41, 5.74) is 8.70. The van der Waals surface area contributed by atoms with Gasteiger partial charge >= 0.3 is 5.97 Å². The largest absolute Gasteiger partial charge is 0.465 e. The van der Waals surface area contributed by atoms with Crippen molar-refractivity contribution in [3.63, 3.8) is 0 Å². The molecule has 0 aliphatic rings. The van der Waals surface area contributed by atoms with Crippen molar-refractivity contribution in [1.82, 2.24) is 10.2 Å². The minimum atomic E-state index is -0.335. The van der Waals surface area contributed by atoms with Crippen molar-refractivity contribution in [1.29, 1.82) is 0 Å². The maximum absolute atomic E-state index is 11.4. The molecule has 1 aromatic heterocycles. The summed E-state index contributed by atoms with van der Waals surface area (Å²) in [4.78, 5) is 11.4. The number of carbonyl (C=O) groups is 1. The van der Waals surface area contributed by atoms with E-state index in [9.17, 15) is 4.79 Å². The van der Waals surface area contributed by atoms with Gasteiger partial charge in [-0.25, -0.2) is 4.79 Å². The number of hydrogen-bond donors (Lipinski definition) is 2. The van der Waals surface area contributed by atoms with Gasteiger partial charge in [-0.2, -0.15) is 5.10 Å². The van der Waals surface area contributed by atoms with Crippen LogP contribution in [0.1, 0.15) is 15.9 Å². The lowest BCUT2D eigenvalue weighted by molar-refractivity contribution is 0.0600. The standard InChI is InChI=1S/C12H13N3O2/c1-7-5-8(10-6-11(13)15-14-10)3-4-9(7)12(16)17-2/h3-6H,1-2H3,(H3,13,14,15). The van der Waals surface area contributed by atoms with Crippen LogP contribution in [0.3, 0.4) is 0 Å². The van der Waals surface area contributed by atoms with Crippen LogP contribution in [0.15, 0.2) is 24.3 Å². The number of carbonyl (C=O) groups excluding carboxylic acids is 1. The summed E-state index contributed by atoms with van der Waals surface area (Å²) in [5.74, 6) is 0.105. The number of hydrogen-bond acceptors (Lipinski definition) is 4. The second-order valence-corrected chi connectivity index (χ2v) is 3.73. The summed E-state index contributed by atoms with van der Waals surface area (Å²) >= 11 is 0. The zero-order chi connectivity index (χ0) is 12.4. The Morgan fingerprint density at radius 1 is 1.41 bits per heavy atom. The first-order valence-corrected chi connectivity index (χ1v) is 5.12. The zero-order valence-electron chi connectivity index (χ0n) is 9.65. The Balaban J connectivity index is 2.40. The minimum absolute atomic E-state index is 0.335. The van der Waals surface area contributed by atoms with E-state index in [-0.39, 0.29) is 5.97 Å². The number of aromatic nitrogens is 2. The van der Waals surface area contributed by atoms with Crippen molar-refractivity contribution < 1.29 is 9.53 Å². The third kappa shape index (κ3) is 2.13. The van der Waals surface area contributed by atoms with Crippen LogP contribution >= 0.6 is 0 Å². The lowest BCUT2D eigenvalue weighted by Crippen LogP contribution is -2.03. The van der Waals surface area contributed by atoms with Gasteiger partial charge in [-0.05, 0) is 30.2 Å². The average molecular weight is 231 g/mol. The molecule has 0 radical (unpaired) electrons. The molecule has 0 saturated carbocycles. The van der Waals surface area contributed by atoms with Gasteiger partial charge in [0.2, 0.25) is 0 Å². The van der Waals surface area contributed by atoms with Crippen LogP contribution in [0, 0.1) is 6.92 Å². The highest BCUT2D eigenvalue weighted by molar-refractivity contribution is 5.91. The number of H-pyrrole nitrogens is 1. The van der Waals surface area contributed by atoms with Crippen molar-refractivity contribution in [2.75, 3.05) is 12.8 Å². The molecule has 0 saturated heterocycles. The molecule has 0 aliphatic carbocycles. The minimum Gasteiger partial charge on any atom is -0.465 e. The number of nitrogen functional groups attached to an aromatic ring is 1. The smallest absolute Gasteiger partial charge is 0.338 e. The number of nitrogens with zero attached hydrogens (tertiary/aromatic N) is 1. The van der Waals surface area contributed by atoms with Gasteiger partial charge in [0.25, 0.3) is 0 Å². The van der Waals surface area contributed by atoms with Gasteiger partial charge in [0.1, 0.15) is 5.82 Å². The molecule has 0 bridgehead atoms. The lowest BCUT2D eigenvalue weighted by Gasteiger charge is -2.05. The normalized spacial score (nSPS) is 10.2. The van der Waals surface area contributed by atoms with Crippen LogP contribution in [0.2, 0.25) is 0 Å². The molecule has 0 amide bonds. The van der Waals surface area contributed by atoms with Gasteiger partial charge < -0.3 is 10.5 Å². The highest BCUT2D eigenvalue weighted by Crippen LogP contribution is 2.22. The summed E-state index contributed by atoms with van der Waals surface area (Å²) in [6, 6.07) is 7.19. The van der Waals surface area contributed by atoms with Crippen molar-refractivity contribution >= 4 is 11.8 Å². The summed E-state index contributed by atoms with van der Waals surface area (Å²) in [6.07, 6.45) is 0. The molecule has 0 unspecified atom stereocenters. The number of benzene rings is 1. The Labute approximate surface area is 98.6 Å². The molecule has 0 fully saturated rings. The lowest BCUT2D eigenvalue weighted by atomic mass is 10.0. The Kier molecular flexibility index (Phi) is 2.82. The van der Waals surface area contributed by atoms with E-state index in [4.69, 9.17) is 5.73 Å². The maximum atomic E-state index is 11.4. The van der Waals surface area contributed by atoms with E-state index < -0.39 is 0 Å². The number of aryl methyl sites for hydroxylation is 1. The Hall–Kier alpha value is -2.30. The van der Waals surface area contributed by atoms with Crippen molar-refractivity contribution in [2.24, 2.45) is 0 Å². The molecular formula is C12H13N3O2. The van der Waals surface area contributed by atoms with Gasteiger partial charge in [0.05, 0.1) is 18.4 Å². The van der Waals surface area contributed by atoms with Gasteiger partial charge in [-0.3, -0.25) is 5.10 Å². The third-order valence-electron chi connectivity index (χ3n) is 2.54. The zero-order valence-corrected chi connectivity index (χ0v) is 9.65. The first kappa shape index (κ1) is 11.2. The summed E-state index contributed by atoms with van der Waals surface area (Å²) < 4.78 is 4.69. The van der Waals surface area contributed by atoms with Crippen molar-refractivity contribution in [3.05, 3.63) is 35.4 Å². The topological polar surface area (TPSA) is 81.0 Å². The second-order valence-electron chi connectivity index (χ2n) is 3.73. The highest BCUT2D eigenvalue weighted by Gasteiger charge is 2.10. The highest BCUT2D eigenvalue weighted by atomic mass is 16.5. The molecular weight excluding hydrogens is 218 g/mol. The van der Waals surface area contributed by atoms with Crippen LogP contribution in [0.4, 0.5) is 5.82 Å². The number of esters is 1. The number of nitrogens with two attached hydrogens (primary N) is 1. The summed E-state index contributed by atoms with van der Waals surface area (Å²) in [6.45, 7) is 1.86. The molecule has 1 aromatic carbocycles. The molecule has 0 spiro atoms. The van der Waals surface area contributed by atoms with E-state index in [1.165, 1.54) is 7.11 Å². The maximum Gasteiger partial charge on any atom is 0.338 e. The van der Waals surface area contributed by atoms with Crippen molar-refractivity contribution in [3.8, 4) is 11.3 Å². The van der Waals surface area contributed by atoms with Gasteiger partial charge in [0.15, 0.2) is 0 Å². The number of rotatable bonds is 2. The summed E-state index contributed by atoms with van der Waals surface area (Å²) in [7, 11) is 1.37. The quantitative estimate of drug-likeness (QED) is 0.771. The fourth-order valence-electron chi connectivity index (χ4n) is 1.66. The fourth-order valence-corrected chi connectivity index (χ4v) is 1.66. The molecule has 88 valence electrons. The van der Waals surface area contributed by atoms with Gasteiger partial charge in [-0.15, -0.1) is 0 Å². The molecule has 2 rings (SSSR count). The molecule has 3 N–H and O–H groups in total. The fraction of sp³-hybridized carbons (Fsp3) is 0.167. The number of methoxy groups -OCH3 is 1. The average Bonchev–Trinajstić information content (AvgIpc) is 2.75. The van der Waals surface area contributed by atoms with Gasteiger partial charge in [0, 0.05) is 6.07 Å². The third-order valence-corrected chi connectivity index (χ3v) is 2.54. The van der Waals surface area contributed by atoms with E-state index in [0.29, 0.717) is 11.4 Å². The van der Waals surface area contributed by atoms with Crippen LogP contribution in [0.25, 0.3) is 11.3 Å². The second kappa shape index (κ2) is 4.29. The Bertz CT molecular complexity index is 561. The molecule has 5 heteroatoms. The number of ether oxygens (including phenoxy) is 1. The van der Waals surface area contributed by atoms with E-state index >= 15 is 0 Å². The Morgan fingerprint density at radius 2 is 2.18 bits per heavy atom. The summed E-state index contributed by atoms with van der Waals surface area (Å²) in [5, 5.41) is 6.68. The van der Waals surface area contributed by atoms with Crippen LogP contribution in [-0.4, -0.2) is 23.3 Å². The first-order valence-electron chi connectivity index (χ1n) is 5.12. The van der Waals surface area contributed by atoms with E-state index in [2.05, 4.69) is 14.9 Å². The number of aromatic amines is 1. The number of anilines is 1. The Morgan fingerprint density at radius 3 is 2.71 bits per heavy atom. The van der Waals surface area contributed by atoms with E-state index in [0.717, 1.165) is 16.8 Å². The van der Waals surface area contributed by atoms with Crippen molar-refractivity contribution in [2.45, 2.75) is 6.92 Å². The number of nitrogens with one attached hydrogen (secondary N) is 1. The predicted octanol–water partition coefficient (Wildman–Crippen LogP) is 1.75. The molecule has 1 heterocycles. The molecule has 0 aliphatic heterocycles. The predicted molar refractivity (Wildman–Crippen MR) is 64.5 cm³/mol. The van der Waals surface area contributed by atoms with Gasteiger partial charge in [-0.1, -0.05) is 6.07 Å². The molecule has 2 aromatic rings. The first-order chi connectivity index (χ1) is 8.11. The SMILES string of the molecule is COC(=O)c1ccc(-c2cc(N)n[nH]2)cc1C.